The van der Waals surface area contributed by atoms with Gasteiger partial charge in [-0.1, -0.05) is 24.3 Å². The van der Waals surface area contributed by atoms with Gasteiger partial charge in [0.15, 0.2) is 0 Å². The summed E-state index contributed by atoms with van der Waals surface area (Å²) >= 11 is 0. The van der Waals surface area contributed by atoms with E-state index in [-0.39, 0.29) is 12.3 Å². The Hall–Kier alpha value is -2.96. The van der Waals surface area contributed by atoms with E-state index in [4.69, 9.17) is 5.73 Å². The van der Waals surface area contributed by atoms with Crippen molar-refractivity contribution in [3.05, 3.63) is 42.1 Å². The van der Waals surface area contributed by atoms with Gasteiger partial charge in [0.1, 0.15) is 12.1 Å². The summed E-state index contributed by atoms with van der Waals surface area (Å²) in [5, 5.41) is 6.17. The van der Waals surface area contributed by atoms with Crippen LogP contribution in [0.3, 0.4) is 0 Å². The highest BCUT2D eigenvalue weighted by Gasteiger charge is 2.30. The Labute approximate surface area is 138 Å². The fourth-order valence-corrected chi connectivity index (χ4v) is 2.74. The molecular formula is C17H18N4O3. The lowest BCUT2D eigenvalue weighted by Crippen LogP contribution is -2.51. The largest absolute Gasteiger partial charge is 0.368 e. The quantitative estimate of drug-likeness (QED) is 0.719. The molecule has 1 saturated heterocycles. The van der Waals surface area contributed by atoms with E-state index in [0.717, 1.165) is 10.9 Å². The average Bonchev–Trinajstić information content (AvgIpc) is 3.00. The number of hydrogen-bond donors (Lipinski definition) is 3. The smallest absolute Gasteiger partial charge is 0.243 e. The zero-order valence-corrected chi connectivity index (χ0v) is 13.0. The minimum atomic E-state index is -0.872. The van der Waals surface area contributed by atoms with Crippen molar-refractivity contribution in [3.63, 3.8) is 0 Å². The van der Waals surface area contributed by atoms with Crippen LogP contribution in [0.2, 0.25) is 0 Å². The lowest BCUT2D eigenvalue weighted by Gasteiger charge is -2.18. The molecular weight excluding hydrogens is 308 g/mol. The normalized spacial score (nSPS) is 18.2. The van der Waals surface area contributed by atoms with Crippen molar-refractivity contribution in [1.29, 1.82) is 0 Å². The number of aromatic nitrogens is 1. The maximum Gasteiger partial charge on any atom is 0.243 e. The van der Waals surface area contributed by atoms with Crippen LogP contribution in [0.25, 0.3) is 10.9 Å². The third-order valence-electron chi connectivity index (χ3n) is 4.04. The predicted molar refractivity (Wildman–Crippen MR) is 87.7 cm³/mol. The molecule has 0 radical (unpaired) electrons. The van der Waals surface area contributed by atoms with Crippen LogP contribution in [0.5, 0.6) is 0 Å². The number of hydrogen-bond acceptors (Lipinski definition) is 4. The first-order chi connectivity index (χ1) is 11.5. The lowest BCUT2D eigenvalue weighted by molar-refractivity contribution is -0.129. The topological polar surface area (TPSA) is 114 Å². The standard InChI is InChI=1S/C17H18N4O3/c18-16(23)14(21-17(24)13-7-8-15(22)20-13)9-11-6-5-10-3-1-2-4-12(10)19-11/h1-6,13-14H,7-9H2,(H2,18,23)(H,20,22)(H,21,24)/t13-,14-/m1/s1. The van der Waals surface area contributed by atoms with E-state index in [9.17, 15) is 14.4 Å². The third-order valence-corrected chi connectivity index (χ3v) is 4.04. The highest BCUT2D eigenvalue weighted by molar-refractivity contribution is 5.93. The van der Waals surface area contributed by atoms with Crippen molar-refractivity contribution in [1.82, 2.24) is 15.6 Å². The van der Waals surface area contributed by atoms with Crippen LogP contribution in [0.4, 0.5) is 0 Å². The van der Waals surface area contributed by atoms with E-state index >= 15 is 0 Å². The van der Waals surface area contributed by atoms with Gasteiger partial charge in [-0.25, -0.2) is 0 Å². The molecule has 1 aliphatic heterocycles. The minimum absolute atomic E-state index is 0.165. The van der Waals surface area contributed by atoms with Gasteiger partial charge in [0.05, 0.1) is 5.52 Å². The van der Waals surface area contributed by atoms with Crippen molar-refractivity contribution in [2.45, 2.75) is 31.3 Å². The summed E-state index contributed by atoms with van der Waals surface area (Å²) in [4.78, 5) is 39.5. The van der Waals surface area contributed by atoms with Crippen LogP contribution < -0.4 is 16.4 Å². The first-order valence-electron chi connectivity index (χ1n) is 7.76. The molecule has 3 rings (SSSR count). The van der Waals surface area contributed by atoms with Gasteiger partial charge in [-0.2, -0.15) is 0 Å². The summed E-state index contributed by atoms with van der Waals surface area (Å²) < 4.78 is 0. The molecule has 2 atom stereocenters. The van der Waals surface area contributed by atoms with E-state index in [1.54, 1.807) is 0 Å². The molecule has 1 aliphatic rings. The zero-order chi connectivity index (χ0) is 17.1. The van der Waals surface area contributed by atoms with Gasteiger partial charge >= 0.3 is 0 Å². The summed E-state index contributed by atoms with van der Waals surface area (Å²) in [5.74, 6) is -1.20. The fraction of sp³-hybridized carbons (Fsp3) is 0.294. The Bertz CT molecular complexity index is 805. The van der Waals surface area contributed by atoms with Crippen LogP contribution >= 0.6 is 0 Å². The van der Waals surface area contributed by atoms with Crippen LogP contribution in [-0.4, -0.2) is 34.8 Å². The molecule has 24 heavy (non-hydrogen) atoms. The molecule has 4 N–H and O–H groups in total. The number of amides is 3. The highest BCUT2D eigenvalue weighted by Crippen LogP contribution is 2.13. The molecule has 0 aliphatic carbocycles. The van der Waals surface area contributed by atoms with E-state index < -0.39 is 23.9 Å². The van der Waals surface area contributed by atoms with Crippen molar-refractivity contribution in [3.8, 4) is 0 Å². The Morgan fingerprint density at radius 3 is 2.79 bits per heavy atom. The molecule has 7 heteroatoms. The van der Waals surface area contributed by atoms with E-state index in [1.807, 2.05) is 36.4 Å². The summed E-state index contributed by atoms with van der Waals surface area (Å²) in [6.07, 6.45) is 0.933. The van der Waals surface area contributed by atoms with Crippen LogP contribution in [0, 0.1) is 0 Å². The second kappa shape index (κ2) is 6.66. The van der Waals surface area contributed by atoms with Gasteiger partial charge < -0.3 is 16.4 Å². The molecule has 0 bridgehead atoms. The minimum Gasteiger partial charge on any atom is -0.368 e. The molecule has 3 amide bonds. The van der Waals surface area contributed by atoms with E-state index in [1.165, 1.54) is 0 Å². The number of carbonyl (C=O) groups excluding carboxylic acids is 3. The lowest BCUT2D eigenvalue weighted by atomic mass is 10.1. The number of para-hydroxylation sites is 1. The van der Waals surface area contributed by atoms with Gasteiger partial charge in [0.2, 0.25) is 17.7 Å². The molecule has 1 fully saturated rings. The molecule has 0 unspecified atom stereocenters. The van der Waals surface area contributed by atoms with Crippen molar-refractivity contribution >= 4 is 28.6 Å². The first kappa shape index (κ1) is 15.9. The molecule has 0 saturated carbocycles. The molecule has 7 nitrogen and oxygen atoms in total. The third kappa shape index (κ3) is 3.51. The first-order valence-corrected chi connectivity index (χ1v) is 7.76. The molecule has 1 aromatic carbocycles. The number of rotatable bonds is 5. The Morgan fingerprint density at radius 1 is 1.29 bits per heavy atom. The maximum absolute atomic E-state index is 12.2. The summed E-state index contributed by atoms with van der Waals surface area (Å²) in [6.45, 7) is 0. The Balaban J connectivity index is 1.72. The number of nitrogens with two attached hydrogens (primary N) is 1. The molecule has 124 valence electrons. The summed E-state index contributed by atoms with van der Waals surface area (Å²) in [6, 6.07) is 9.87. The molecule has 1 aromatic heterocycles. The Morgan fingerprint density at radius 2 is 2.08 bits per heavy atom. The van der Waals surface area contributed by atoms with Crippen molar-refractivity contribution < 1.29 is 14.4 Å². The summed E-state index contributed by atoms with van der Waals surface area (Å²) in [5.41, 5.74) is 6.88. The number of benzene rings is 1. The van der Waals surface area contributed by atoms with Crippen LogP contribution in [0.1, 0.15) is 18.5 Å². The van der Waals surface area contributed by atoms with Gasteiger partial charge in [-0.05, 0) is 18.6 Å². The summed E-state index contributed by atoms with van der Waals surface area (Å²) in [7, 11) is 0. The monoisotopic (exact) mass is 326 g/mol. The molecule has 2 aromatic rings. The SMILES string of the molecule is NC(=O)[C@@H](Cc1ccc2ccccc2n1)NC(=O)[C@H]1CCC(=O)N1. The van der Waals surface area contributed by atoms with Crippen LogP contribution in [-0.2, 0) is 20.8 Å². The van der Waals surface area contributed by atoms with E-state index in [2.05, 4.69) is 15.6 Å². The number of nitrogens with one attached hydrogen (secondary N) is 2. The van der Waals surface area contributed by atoms with Gasteiger partial charge in [-0.15, -0.1) is 0 Å². The van der Waals surface area contributed by atoms with Crippen molar-refractivity contribution in [2.24, 2.45) is 5.73 Å². The van der Waals surface area contributed by atoms with Gasteiger partial charge in [0.25, 0.3) is 0 Å². The second-order valence-electron chi connectivity index (χ2n) is 5.82. The average molecular weight is 326 g/mol. The maximum atomic E-state index is 12.2. The van der Waals surface area contributed by atoms with Gasteiger partial charge in [0, 0.05) is 23.9 Å². The molecule has 0 spiro atoms. The number of fused-ring (bicyclic) bond motifs is 1. The number of pyridine rings is 1. The van der Waals surface area contributed by atoms with E-state index in [0.29, 0.717) is 18.5 Å². The van der Waals surface area contributed by atoms with Crippen molar-refractivity contribution in [2.75, 3.05) is 0 Å². The predicted octanol–water partition coefficient (Wildman–Crippen LogP) is 0.0260. The molecule has 2 heterocycles. The number of primary amides is 1. The second-order valence-corrected chi connectivity index (χ2v) is 5.82. The zero-order valence-electron chi connectivity index (χ0n) is 13.0. The number of nitrogens with zero attached hydrogens (tertiary/aromatic N) is 1. The Kier molecular flexibility index (Phi) is 4.41. The fourth-order valence-electron chi connectivity index (χ4n) is 2.74. The number of carbonyl (C=O) groups is 3. The van der Waals surface area contributed by atoms with Crippen LogP contribution in [0.15, 0.2) is 36.4 Å². The van der Waals surface area contributed by atoms with Gasteiger partial charge in [-0.3, -0.25) is 19.4 Å². The highest BCUT2D eigenvalue weighted by atomic mass is 16.2.